The highest BCUT2D eigenvalue weighted by Crippen LogP contribution is 2.33. The molecule has 38 heavy (non-hydrogen) atoms. The number of carbonyl (C=O) groups excluding carboxylic acids is 1. The molecule has 0 amide bonds. The van der Waals surface area contributed by atoms with E-state index in [0.717, 1.165) is 17.8 Å². The topological polar surface area (TPSA) is 79.0 Å². The molecule has 0 bridgehead atoms. The fraction of sp³-hybridized carbons (Fsp3) is 0.143. The molecule has 0 radical (unpaired) electrons. The highest BCUT2D eigenvalue weighted by molar-refractivity contribution is 6.00. The molecule has 0 unspecified atom stereocenters. The number of esters is 1. The smallest absolute Gasteiger partial charge is 0.416 e. The number of ether oxygens (including phenoxy) is 1. The standard InChI is InChI=1S/C28H21F3N4O3/c1-17(23-5-3-4-13-32-23)34-14-12-18(16-25(34)36)26-22-15-19(27(37)38-2)6-11-24(22)35(33-26)21-9-7-20(8-10-21)28(29,30)31/h3-17H,1-2H3/t17-/m0/s1. The summed E-state index contributed by atoms with van der Waals surface area (Å²) in [4.78, 5) is 29.6. The fourth-order valence-electron chi connectivity index (χ4n) is 4.29. The number of nitrogens with zero attached hydrogens (tertiary/aromatic N) is 4. The van der Waals surface area contributed by atoms with Crippen molar-refractivity contribution in [2.24, 2.45) is 0 Å². The minimum Gasteiger partial charge on any atom is -0.465 e. The molecule has 7 nitrogen and oxygen atoms in total. The number of hydrogen-bond donors (Lipinski definition) is 0. The maximum Gasteiger partial charge on any atom is 0.416 e. The molecule has 0 aliphatic rings. The van der Waals surface area contributed by atoms with Crippen LogP contribution in [0.2, 0.25) is 0 Å². The van der Waals surface area contributed by atoms with Gasteiger partial charge in [0.25, 0.3) is 5.56 Å². The molecule has 3 aromatic heterocycles. The highest BCUT2D eigenvalue weighted by Gasteiger charge is 2.30. The van der Waals surface area contributed by atoms with E-state index in [1.807, 2.05) is 19.1 Å². The summed E-state index contributed by atoms with van der Waals surface area (Å²) in [7, 11) is 1.27. The largest absolute Gasteiger partial charge is 0.465 e. The van der Waals surface area contributed by atoms with E-state index in [4.69, 9.17) is 4.74 Å². The lowest BCUT2D eigenvalue weighted by Crippen LogP contribution is -2.23. The number of halogens is 3. The summed E-state index contributed by atoms with van der Waals surface area (Å²) in [6.45, 7) is 1.86. The molecule has 0 aliphatic heterocycles. The van der Waals surface area contributed by atoms with Crippen LogP contribution in [0.3, 0.4) is 0 Å². The molecule has 0 fully saturated rings. The van der Waals surface area contributed by atoms with Crippen LogP contribution in [0.25, 0.3) is 27.8 Å². The number of alkyl halides is 3. The lowest BCUT2D eigenvalue weighted by molar-refractivity contribution is -0.137. The molecular weight excluding hydrogens is 497 g/mol. The summed E-state index contributed by atoms with van der Waals surface area (Å²) in [5.74, 6) is -0.556. The van der Waals surface area contributed by atoms with Gasteiger partial charge in [-0.15, -0.1) is 0 Å². The molecule has 0 saturated carbocycles. The molecule has 0 N–H and O–H groups in total. The molecule has 5 aromatic rings. The van der Waals surface area contributed by atoms with E-state index >= 15 is 0 Å². The Bertz CT molecular complexity index is 1690. The van der Waals surface area contributed by atoms with Gasteiger partial charge in [-0.2, -0.15) is 18.3 Å². The van der Waals surface area contributed by atoms with Gasteiger partial charge in [0.05, 0.1) is 41.2 Å². The van der Waals surface area contributed by atoms with E-state index in [2.05, 4.69) is 10.1 Å². The minimum absolute atomic E-state index is 0.269. The van der Waals surface area contributed by atoms with Crippen LogP contribution in [0, 0.1) is 0 Å². The van der Waals surface area contributed by atoms with Gasteiger partial charge in [0.2, 0.25) is 0 Å². The number of benzene rings is 2. The van der Waals surface area contributed by atoms with Crippen LogP contribution in [0.1, 0.15) is 34.6 Å². The zero-order valence-electron chi connectivity index (χ0n) is 20.3. The Morgan fingerprint density at radius 1 is 1.00 bits per heavy atom. The predicted molar refractivity (Wildman–Crippen MR) is 135 cm³/mol. The summed E-state index contributed by atoms with van der Waals surface area (Å²) in [5.41, 5.74) is 1.72. The van der Waals surface area contributed by atoms with Gasteiger partial charge >= 0.3 is 12.1 Å². The maximum atomic E-state index is 13.1. The lowest BCUT2D eigenvalue weighted by Gasteiger charge is -2.14. The Morgan fingerprint density at radius 2 is 1.76 bits per heavy atom. The van der Waals surface area contributed by atoms with Crippen molar-refractivity contribution in [2.45, 2.75) is 19.1 Å². The van der Waals surface area contributed by atoms with E-state index in [1.165, 1.54) is 30.0 Å². The third-order valence-corrected chi connectivity index (χ3v) is 6.29. The zero-order chi connectivity index (χ0) is 27.0. The number of pyridine rings is 2. The van der Waals surface area contributed by atoms with Crippen molar-refractivity contribution in [3.63, 3.8) is 0 Å². The SMILES string of the molecule is COC(=O)c1ccc2c(c1)c(-c1ccn([C@@H](C)c3ccccn3)c(=O)c1)nn2-c1ccc(C(F)(F)F)cc1. The van der Waals surface area contributed by atoms with E-state index in [9.17, 15) is 22.8 Å². The highest BCUT2D eigenvalue weighted by atomic mass is 19.4. The van der Waals surface area contributed by atoms with Crippen molar-refractivity contribution in [3.8, 4) is 16.9 Å². The maximum absolute atomic E-state index is 13.1. The molecular formula is C28H21F3N4O3. The Labute approximate surface area is 214 Å². The van der Waals surface area contributed by atoms with E-state index in [1.54, 1.807) is 47.3 Å². The molecule has 0 spiro atoms. The van der Waals surface area contributed by atoms with Gasteiger partial charge < -0.3 is 9.30 Å². The van der Waals surface area contributed by atoms with Crippen molar-refractivity contribution in [1.29, 1.82) is 0 Å². The van der Waals surface area contributed by atoms with Gasteiger partial charge in [0, 0.05) is 29.4 Å². The van der Waals surface area contributed by atoms with Crippen LogP contribution in [-0.4, -0.2) is 32.4 Å². The van der Waals surface area contributed by atoms with Crippen molar-refractivity contribution in [3.05, 3.63) is 112 Å². The number of fused-ring (bicyclic) bond motifs is 1. The lowest BCUT2D eigenvalue weighted by atomic mass is 10.1. The minimum atomic E-state index is -4.47. The first-order valence-corrected chi connectivity index (χ1v) is 11.6. The summed E-state index contributed by atoms with van der Waals surface area (Å²) < 4.78 is 47.1. The van der Waals surface area contributed by atoms with Crippen molar-refractivity contribution >= 4 is 16.9 Å². The fourth-order valence-corrected chi connectivity index (χ4v) is 4.29. The van der Waals surface area contributed by atoms with Gasteiger partial charge in [-0.05, 0) is 67.6 Å². The van der Waals surface area contributed by atoms with Crippen LogP contribution in [-0.2, 0) is 10.9 Å². The monoisotopic (exact) mass is 518 g/mol. The first kappa shape index (κ1) is 24.9. The quantitative estimate of drug-likeness (QED) is 0.281. The number of methoxy groups -OCH3 is 1. The third kappa shape index (κ3) is 4.56. The Hall–Kier alpha value is -4.73. The van der Waals surface area contributed by atoms with Gasteiger partial charge in [0.1, 0.15) is 5.69 Å². The van der Waals surface area contributed by atoms with Crippen molar-refractivity contribution in [1.82, 2.24) is 19.3 Å². The van der Waals surface area contributed by atoms with Gasteiger partial charge in [-0.1, -0.05) is 6.07 Å². The number of hydrogen-bond acceptors (Lipinski definition) is 5. The van der Waals surface area contributed by atoms with Crippen molar-refractivity contribution in [2.75, 3.05) is 7.11 Å². The van der Waals surface area contributed by atoms with Crippen LogP contribution < -0.4 is 5.56 Å². The molecule has 1 atom stereocenters. The summed E-state index contributed by atoms with van der Waals surface area (Å²) in [5, 5.41) is 5.17. The van der Waals surface area contributed by atoms with Crippen LogP contribution >= 0.6 is 0 Å². The van der Waals surface area contributed by atoms with Crippen LogP contribution in [0.15, 0.2) is 90.0 Å². The van der Waals surface area contributed by atoms with Crippen molar-refractivity contribution < 1.29 is 22.7 Å². The van der Waals surface area contributed by atoms with Gasteiger partial charge in [-0.25, -0.2) is 9.48 Å². The number of aromatic nitrogens is 4. The molecule has 192 valence electrons. The third-order valence-electron chi connectivity index (χ3n) is 6.29. The summed E-state index contributed by atoms with van der Waals surface area (Å²) >= 11 is 0. The van der Waals surface area contributed by atoms with Crippen LogP contribution in [0.5, 0.6) is 0 Å². The second kappa shape index (κ2) is 9.62. The van der Waals surface area contributed by atoms with Crippen LogP contribution in [0.4, 0.5) is 13.2 Å². The predicted octanol–water partition coefficient (Wildman–Crippen LogP) is 5.66. The summed E-state index contributed by atoms with van der Waals surface area (Å²) in [6.07, 6.45) is -1.17. The number of carbonyl (C=O) groups is 1. The first-order chi connectivity index (χ1) is 18.2. The van der Waals surface area contributed by atoms with E-state index < -0.39 is 17.7 Å². The molecule has 0 saturated heterocycles. The normalized spacial score (nSPS) is 12.4. The first-order valence-electron chi connectivity index (χ1n) is 11.6. The summed E-state index contributed by atoms with van der Waals surface area (Å²) in [6, 6.07) is 17.7. The Kier molecular flexibility index (Phi) is 6.31. The molecule has 2 aromatic carbocycles. The van der Waals surface area contributed by atoms with E-state index in [0.29, 0.717) is 27.8 Å². The molecule has 10 heteroatoms. The molecule has 3 heterocycles. The Balaban J connectivity index is 1.64. The second-order valence-corrected chi connectivity index (χ2v) is 8.62. The van der Waals surface area contributed by atoms with Gasteiger partial charge in [-0.3, -0.25) is 9.78 Å². The van der Waals surface area contributed by atoms with E-state index in [-0.39, 0.29) is 17.2 Å². The Morgan fingerprint density at radius 3 is 2.39 bits per heavy atom. The average molecular weight is 518 g/mol. The zero-order valence-corrected chi connectivity index (χ0v) is 20.3. The second-order valence-electron chi connectivity index (χ2n) is 8.62. The number of rotatable bonds is 5. The molecule has 0 aliphatic carbocycles. The average Bonchev–Trinajstić information content (AvgIpc) is 3.31. The molecule has 5 rings (SSSR count). The van der Waals surface area contributed by atoms with Gasteiger partial charge in [0.15, 0.2) is 0 Å².